The SMILES string of the molecule is CN(CCN1C(=O)C[C@]2(CCSC2)C1=O)Cc1ccc(F)cc1. The van der Waals surface area contributed by atoms with E-state index in [1.54, 1.807) is 23.9 Å². The minimum Gasteiger partial charge on any atom is -0.300 e. The summed E-state index contributed by atoms with van der Waals surface area (Å²) in [6, 6.07) is 6.39. The molecule has 2 saturated heterocycles. The number of halogens is 1. The van der Waals surface area contributed by atoms with Crippen molar-refractivity contribution < 1.29 is 14.0 Å². The van der Waals surface area contributed by atoms with Crippen LogP contribution in [0, 0.1) is 11.2 Å². The van der Waals surface area contributed by atoms with Crippen molar-refractivity contribution >= 4 is 23.6 Å². The smallest absolute Gasteiger partial charge is 0.236 e. The molecule has 4 nitrogen and oxygen atoms in total. The Morgan fingerprint density at radius 2 is 2.04 bits per heavy atom. The van der Waals surface area contributed by atoms with Crippen LogP contribution in [0.3, 0.4) is 0 Å². The van der Waals surface area contributed by atoms with Crippen LogP contribution in [0.25, 0.3) is 0 Å². The predicted molar refractivity (Wildman–Crippen MR) is 88.4 cm³/mol. The lowest BCUT2D eigenvalue weighted by Gasteiger charge is -2.23. The Morgan fingerprint density at radius 1 is 1.30 bits per heavy atom. The highest BCUT2D eigenvalue weighted by Gasteiger charge is 2.52. The Labute approximate surface area is 140 Å². The quantitative estimate of drug-likeness (QED) is 0.773. The van der Waals surface area contributed by atoms with Crippen LogP contribution in [0.5, 0.6) is 0 Å². The molecular formula is C17H21FN2O2S. The van der Waals surface area contributed by atoms with E-state index in [4.69, 9.17) is 0 Å². The van der Waals surface area contributed by atoms with Gasteiger partial charge < -0.3 is 4.90 Å². The fraction of sp³-hybridized carbons (Fsp3) is 0.529. The van der Waals surface area contributed by atoms with E-state index >= 15 is 0 Å². The summed E-state index contributed by atoms with van der Waals surface area (Å²) < 4.78 is 12.9. The van der Waals surface area contributed by atoms with Crippen molar-refractivity contribution in [3.8, 4) is 0 Å². The molecular weight excluding hydrogens is 315 g/mol. The topological polar surface area (TPSA) is 40.6 Å². The lowest BCUT2D eigenvalue weighted by molar-refractivity contribution is -0.141. The van der Waals surface area contributed by atoms with Gasteiger partial charge in [-0.05, 0) is 36.9 Å². The van der Waals surface area contributed by atoms with Crippen molar-refractivity contribution in [3.05, 3.63) is 35.6 Å². The van der Waals surface area contributed by atoms with E-state index in [2.05, 4.69) is 0 Å². The summed E-state index contributed by atoms with van der Waals surface area (Å²) in [6.45, 7) is 1.72. The van der Waals surface area contributed by atoms with Crippen LogP contribution in [0.4, 0.5) is 4.39 Å². The second kappa shape index (κ2) is 6.61. The number of amides is 2. The third-order valence-electron chi connectivity index (χ3n) is 4.66. The van der Waals surface area contributed by atoms with Crippen LogP contribution in [-0.2, 0) is 16.1 Å². The van der Waals surface area contributed by atoms with E-state index in [9.17, 15) is 14.0 Å². The maximum atomic E-state index is 12.9. The average molecular weight is 336 g/mol. The zero-order chi connectivity index (χ0) is 16.4. The molecule has 0 aromatic heterocycles. The van der Waals surface area contributed by atoms with Crippen LogP contribution in [-0.4, -0.2) is 53.3 Å². The lowest BCUT2D eigenvalue weighted by atomic mass is 9.86. The summed E-state index contributed by atoms with van der Waals surface area (Å²) in [5, 5.41) is 0. The van der Waals surface area contributed by atoms with Gasteiger partial charge in [0.05, 0.1) is 5.41 Å². The summed E-state index contributed by atoms with van der Waals surface area (Å²) in [7, 11) is 1.94. The molecule has 0 aliphatic carbocycles. The van der Waals surface area contributed by atoms with E-state index in [1.807, 2.05) is 11.9 Å². The minimum absolute atomic E-state index is 0.0164. The van der Waals surface area contributed by atoms with E-state index in [1.165, 1.54) is 17.0 Å². The fourth-order valence-corrected chi connectivity index (χ4v) is 4.69. The number of likely N-dealkylation sites (tertiary alicyclic amines) is 1. The Kier molecular flexibility index (Phi) is 4.73. The van der Waals surface area contributed by atoms with Gasteiger partial charge in [-0.25, -0.2) is 4.39 Å². The number of thioether (sulfide) groups is 1. The molecule has 0 radical (unpaired) electrons. The highest BCUT2D eigenvalue weighted by Crippen LogP contribution is 2.44. The third-order valence-corrected chi connectivity index (χ3v) is 5.91. The molecule has 6 heteroatoms. The highest BCUT2D eigenvalue weighted by atomic mass is 32.2. The van der Waals surface area contributed by atoms with Crippen LogP contribution >= 0.6 is 11.8 Å². The molecule has 1 spiro atoms. The Balaban J connectivity index is 1.54. The standard InChI is InChI=1S/C17H21FN2O2S/c1-19(11-13-2-4-14(18)5-3-13)7-8-20-15(21)10-17(16(20)22)6-9-23-12-17/h2-5H,6-12H2,1H3/t17-/m0/s1. The number of hydrogen-bond donors (Lipinski definition) is 0. The van der Waals surface area contributed by atoms with Crippen molar-refractivity contribution in [2.24, 2.45) is 5.41 Å². The fourth-order valence-electron chi connectivity index (χ4n) is 3.25. The van der Waals surface area contributed by atoms with Crippen molar-refractivity contribution in [1.82, 2.24) is 9.80 Å². The molecule has 2 aliphatic rings. The lowest BCUT2D eigenvalue weighted by Crippen LogP contribution is -2.40. The first kappa shape index (κ1) is 16.5. The number of imide groups is 1. The largest absolute Gasteiger partial charge is 0.300 e. The first-order chi connectivity index (χ1) is 11.0. The molecule has 2 heterocycles. The average Bonchev–Trinajstić information content (AvgIpc) is 3.07. The Bertz CT molecular complexity index is 599. The molecule has 1 aromatic carbocycles. The molecule has 1 aromatic rings. The van der Waals surface area contributed by atoms with Gasteiger partial charge in [0.25, 0.3) is 0 Å². The maximum absolute atomic E-state index is 12.9. The molecule has 23 heavy (non-hydrogen) atoms. The molecule has 1 atom stereocenters. The van der Waals surface area contributed by atoms with Gasteiger partial charge in [0.1, 0.15) is 5.82 Å². The number of likely N-dealkylation sites (N-methyl/N-ethyl adjacent to an activating group) is 1. The number of rotatable bonds is 5. The van der Waals surface area contributed by atoms with Crippen molar-refractivity contribution in [2.75, 3.05) is 31.6 Å². The predicted octanol–water partition coefficient (Wildman–Crippen LogP) is 2.14. The number of nitrogens with zero attached hydrogens (tertiary/aromatic N) is 2. The second-order valence-corrected chi connectivity index (χ2v) is 7.58. The van der Waals surface area contributed by atoms with Crippen LogP contribution in [0.2, 0.25) is 0 Å². The molecule has 0 unspecified atom stereocenters. The molecule has 2 fully saturated rings. The number of carbonyl (C=O) groups is 2. The van der Waals surface area contributed by atoms with Gasteiger partial charge in [-0.2, -0.15) is 11.8 Å². The molecule has 0 bridgehead atoms. The van der Waals surface area contributed by atoms with Gasteiger partial charge >= 0.3 is 0 Å². The molecule has 3 rings (SSSR count). The van der Waals surface area contributed by atoms with E-state index in [0.717, 1.165) is 23.5 Å². The Hall–Kier alpha value is -1.40. The minimum atomic E-state index is -0.419. The summed E-state index contributed by atoms with van der Waals surface area (Å²) in [4.78, 5) is 28.3. The second-order valence-electron chi connectivity index (χ2n) is 6.47. The van der Waals surface area contributed by atoms with Gasteiger partial charge in [0, 0.05) is 31.8 Å². The summed E-state index contributed by atoms with van der Waals surface area (Å²) in [6.07, 6.45) is 1.20. The van der Waals surface area contributed by atoms with Gasteiger partial charge in [0.2, 0.25) is 11.8 Å². The zero-order valence-electron chi connectivity index (χ0n) is 13.3. The highest BCUT2D eigenvalue weighted by molar-refractivity contribution is 7.99. The zero-order valence-corrected chi connectivity index (χ0v) is 14.1. The molecule has 0 saturated carbocycles. The van der Waals surface area contributed by atoms with E-state index < -0.39 is 5.41 Å². The van der Waals surface area contributed by atoms with Gasteiger partial charge in [-0.3, -0.25) is 14.5 Å². The molecule has 2 amide bonds. The third kappa shape index (κ3) is 3.43. The van der Waals surface area contributed by atoms with Gasteiger partial charge in [0.15, 0.2) is 0 Å². The Morgan fingerprint density at radius 3 is 2.70 bits per heavy atom. The molecule has 2 aliphatic heterocycles. The van der Waals surface area contributed by atoms with Crippen molar-refractivity contribution in [3.63, 3.8) is 0 Å². The van der Waals surface area contributed by atoms with Crippen LogP contribution < -0.4 is 0 Å². The van der Waals surface area contributed by atoms with Crippen molar-refractivity contribution in [2.45, 2.75) is 19.4 Å². The van der Waals surface area contributed by atoms with Crippen LogP contribution in [0.15, 0.2) is 24.3 Å². The normalized spacial score (nSPS) is 24.4. The summed E-state index contributed by atoms with van der Waals surface area (Å²) in [5.41, 5.74) is 0.591. The first-order valence-electron chi connectivity index (χ1n) is 7.86. The van der Waals surface area contributed by atoms with Crippen LogP contribution in [0.1, 0.15) is 18.4 Å². The number of hydrogen-bond acceptors (Lipinski definition) is 4. The first-order valence-corrected chi connectivity index (χ1v) is 9.01. The van der Waals surface area contributed by atoms with E-state index in [0.29, 0.717) is 26.1 Å². The van der Waals surface area contributed by atoms with E-state index in [-0.39, 0.29) is 17.6 Å². The molecule has 124 valence electrons. The summed E-state index contributed by atoms with van der Waals surface area (Å²) in [5.74, 6) is 1.48. The van der Waals surface area contributed by atoms with Gasteiger partial charge in [-0.1, -0.05) is 12.1 Å². The summed E-state index contributed by atoms with van der Waals surface area (Å²) >= 11 is 1.76. The number of carbonyl (C=O) groups excluding carboxylic acids is 2. The molecule has 0 N–H and O–H groups in total. The maximum Gasteiger partial charge on any atom is 0.236 e. The van der Waals surface area contributed by atoms with Gasteiger partial charge in [-0.15, -0.1) is 0 Å². The number of benzene rings is 1. The monoisotopic (exact) mass is 336 g/mol. The van der Waals surface area contributed by atoms with Crippen molar-refractivity contribution in [1.29, 1.82) is 0 Å².